The number of nitrogens with zero attached hydrogens (tertiary/aromatic N) is 1. The quantitative estimate of drug-likeness (QED) is 0.883. The lowest BCUT2D eigenvalue weighted by atomic mass is 10.2. The molecule has 1 unspecified atom stereocenters. The molecule has 1 N–H and O–H groups in total. The zero-order chi connectivity index (χ0) is 16.1. The lowest BCUT2D eigenvalue weighted by Gasteiger charge is -2.11. The summed E-state index contributed by atoms with van der Waals surface area (Å²) in [6, 6.07) is 7.20. The van der Waals surface area contributed by atoms with Gasteiger partial charge in [0, 0.05) is 24.1 Å². The molecule has 23 heavy (non-hydrogen) atoms. The number of thiazole rings is 1. The van der Waals surface area contributed by atoms with Crippen LogP contribution in [0, 0.1) is 6.92 Å². The maximum absolute atomic E-state index is 12.2. The van der Waals surface area contributed by atoms with E-state index in [1.807, 2.05) is 24.4 Å². The summed E-state index contributed by atoms with van der Waals surface area (Å²) in [5.41, 5.74) is 1.50. The van der Waals surface area contributed by atoms with E-state index in [1.165, 1.54) is 0 Å². The van der Waals surface area contributed by atoms with Crippen LogP contribution in [0.4, 0.5) is 0 Å². The van der Waals surface area contributed by atoms with Crippen LogP contribution in [0.5, 0.6) is 5.75 Å². The Bertz CT molecular complexity index is 665. The number of benzene rings is 1. The Morgan fingerprint density at radius 3 is 3.17 bits per heavy atom. The molecule has 1 amide bonds. The summed E-state index contributed by atoms with van der Waals surface area (Å²) in [4.78, 5) is 16.6. The Morgan fingerprint density at radius 2 is 2.43 bits per heavy atom. The minimum absolute atomic E-state index is 0.101. The Hall–Kier alpha value is -1.92. The standard InChI is InChI=1S/C17H20N2O3S/c1-12-19-14(11-23-12)10-22-15-5-2-4-13(8-15)17(20)18-9-16-6-3-7-21-16/h2,4-5,8,11,16H,3,6-7,9-10H2,1H3,(H,18,20). The molecule has 5 nitrogen and oxygen atoms in total. The van der Waals surface area contributed by atoms with Gasteiger partial charge >= 0.3 is 0 Å². The average Bonchev–Trinajstić information content (AvgIpc) is 3.22. The summed E-state index contributed by atoms with van der Waals surface area (Å²) in [5, 5.41) is 5.91. The molecule has 1 fully saturated rings. The summed E-state index contributed by atoms with van der Waals surface area (Å²) in [6.07, 6.45) is 2.22. The second-order valence-electron chi connectivity index (χ2n) is 5.52. The smallest absolute Gasteiger partial charge is 0.251 e. The Morgan fingerprint density at radius 1 is 1.52 bits per heavy atom. The Kier molecular flexibility index (Phi) is 5.25. The van der Waals surface area contributed by atoms with Crippen molar-refractivity contribution in [1.82, 2.24) is 10.3 Å². The van der Waals surface area contributed by atoms with E-state index < -0.39 is 0 Å². The lowest BCUT2D eigenvalue weighted by molar-refractivity contribution is 0.0857. The van der Waals surface area contributed by atoms with Crippen LogP contribution in [0.2, 0.25) is 0 Å². The molecule has 2 aromatic rings. The molecule has 1 aromatic heterocycles. The van der Waals surface area contributed by atoms with E-state index in [-0.39, 0.29) is 12.0 Å². The fraction of sp³-hybridized carbons (Fsp3) is 0.412. The van der Waals surface area contributed by atoms with Crippen molar-refractivity contribution in [2.45, 2.75) is 32.5 Å². The monoisotopic (exact) mass is 332 g/mol. The van der Waals surface area contributed by atoms with E-state index in [2.05, 4.69) is 10.3 Å². The highest BCUT2D eigenvalue weighted by atomic mass is 32.1. The molecule has 122 valence electrons. The van der Waals surface area contributed by atoms with Crippen molar-refractivity contribution in [2.75, 3.05) is 13.2 Å². The van der Waals surface area contributed by atoms with Gasteiger partial charge in [0.15, 0.2) is 0 Å². The topological polar surface area (TPSA) is 60.5 Å². The van der Waals surface area contributed by atoms with Crippen molar-refractivity contribution >= 4 is 17.2 Å². The molecular formula is C17H20N2O3S. The molecular weight excluding hydrogens is 312 g/mol. The van der Waals surface area contributed by atoms with Crippen molar-refractivity contribution in [2.24, 2.45) is 0 Å². The van der Waals surface area contributed by atoms with E-state index in [9.17, 15) is 4.79 Å². The van der Waals surface area contributed by atoms with Crippen molar-refractivity contribution in [3.8, 4) is 5.75 Å². The molecule has 2 heterocycles. The number of hydrogen-bond acceptors (Lipinski definition) is 5. The van der Waals surface area contributed by atoms with E-state index in [0.717, 1.165) is 30.2 Å². The largest absolute Gasteiger partial charge is 0.487 e. The Labute approximate surface area is 139 Å². The number of amides is 1. The molecule has 6 heteroatoms. The Balaban J connectivity index is 1.54. The van der Waals surface area contributed by atoms with E-state index in [1.54, 1.807) is 23.5 Å². The van der Waals surface area contributed by atoms with Gasteiger partial charge in [-0.1, -0.05) is 6.07 Å². The van der Waals surface area contributed by atoms with Gasteiger partial charge in [-0.25, -0.2) is 4.98 Å². The average molecular weight is 332 g/mol. The first-order valence-corrected chi connectivity index (χ1v) is 8.62. The van der Waals surface area contributed by atoms with Crippen LogP contribution in [-0.2, 0) is 11.3 Å². The van der Waals surface area contributed by atoms with Gasteiger partial charge in [0.05, 0.1) is 16.8 Å². The van der Waals surface area contributed by atoms with Crippen LogP contribution in [0.15, 0.2) is 29.6 Å². The van der Waals surface area contributed by atoms with Gasteiger partial charge in [-0.05, 0) is 38.0 Å². The van der Waals surface area contributed by atoms with Crippen LogP contribution in [-0.4, -0.2) is 30.1 Å². The molecule has 0 bridgehead atoms. The number of aryl methyl sites for hydroxylation is 1. The third-order valence-electron chi connectivity index (χ3n) is 3.66. The van der Waals surface area contributed by atoms with Gasteiger partial charge in [-0.2, -0.15) is 0 Å². The van der Waals surface area contributed by atoms with E-state index in [0.29, 0.717) is 24.5 Å². The van der Waals surface area contributed by atoms with Gasteiger partial charge in [0.1, 0.15) is 12.4 Å². The minimum Gasteiger partial charge on any atom is -0.487 e. The number of carbonyl (C=O) groups is 1. The van der Waals surface area contributed by atoms with Crippen LogP contribution < -0.4 is 10.1 Å². The number of rotatable bonds is 6. The summed E-state index contributed by atoms with van der Waals surface area (Å²) in [5.74, 6) is 0.566. The predicted octanol–water partition coefficient (Wildman–Crippen LogP) is 2.94. The third-order valence-corrected chi connectivity index (χ3v) is 4.49. The van der Waals surface area contributed by atoms with Crippen LogP contribution >= 0.6 is 11.3 Å². The van der Waals surface area contributed by atoms with Crippen LogP contribution in [0.1, 0.15) is 33.9 Å². The van der Waals surface area contributed by atoms with Crippen molar-refractivity contribution < 1.29 is 14.3 Å². The number of nitrogens with one attached hydrogen (secondary N) is 1. The molecule has 1 aliphatic heterocycles. The summed E-state index contributed by atoms with van der Waals surface area (Å²) < 4.78 is 11.2. The fourth-order valence-electron chi connectivity index (χ4n) is 2.47. The first kappa shape index (κ1) is 16.0. The normalized spacial score (nSPS) is 17.2. The fourth-order valence-corrected chi connectivity index (χ4v) is 3.07. The zero-order valence-electron chi connectivity index (χ0n) is 13.1. The lowest BCUT2D eigenvalue weighted by Crippen LogP contribution is -2.31. The van der Waals surface area contributed by atoms with Crippen molar-refractivity contribution in [1.29, 1.82) is 0 Å². The third kappa shape index (κ3) is 4.53. The maximum atomic E-state index is 12.2. The van der Waals surface area contributed by atoms with E-state index in [4.69, 9.17) is 9.47 Å². The molecule has 0 spiro atoms. The highest BCUT2D eigenvalue weighted by Crippen LogP contribution is 2.17. The zero-order valence-corrected chi connectivity index (χ0v) is 13.9. The second-order valence-corrected chi connectivity index (χ2v) is 6.58. The first-order chi connectivity index (χ1) is 11.2. The number of ether oxygens (including phenoxy) is 2. The molecule has 0 saturated carbocycles. The van der Waals surface area contributed by atoms with E-state index >= 15 is 0 Å². The highest BCUT2D eigenvalue weighted by Gasteiger charge is 2.16. The van der Waals surface area contributed by atoms with Crippen molar-refractivity contribution in [3.05, 3.63) is 45.9 Å². The highest BCUT2D eigenvalue weighted by molar-refractivity contribution is 7.09. The first-order valence-electron chi connectivity index (χ1n) is 7.74. The maximum Gasteiger partial charge on any atom is 0.251 e. The molecule has 3 rings (SSSR count). The van der Waals surface area contributed by atoms with Gasteiger partial charge in [0.2, 0.25) is 0 Å². The van der Waals surface area contributed by atoms with Gasteiger partial charge < -0.3 is 14.8 Å². The molecule has 1 aliphatic rings. The molecule has 1 aromatic carbocycles. The summed E-state index contributed by atoms with van der Waals surface area (Å²) in [6.45, 7) is 3.72. The second kappa shape index (κ2) is 7.57. The van der Waals surface area contributed by atoms with Gasteiger partial charge in [0.25, 0.3) is 5.91 Å². The van der Waals surface area contributed by atoms with Gasteiger partial charge in [-0.15, -0.1) is 11.3 Å². The minimum atomic E-state index is -0.101. The number of hydrogen-bond donors (Lipinski definition) is 1. The van der Waals surface area contributed by atoms with Crippen molar-refractivity contribution in [3.63, 3.8) is 0 Å². The summed E-state index contributed by atoms with van der Waals surface area (Å²) in [7, 11) is 0. The predicted molar refractivity (Wildman–Crippen MR) is 88.9 cm³/mol. The van der Waals surface area contributed by atoms with Crippen LogP contribution in [0.25, 0.3) is 0 Å². The molecule has 1 saturated heterocycles. The molecule has 1 atom stereocenters. The van der Waals surface area contributed by atoms with Crippen LogP contribution in [0.3, 0.4) is 0 Å². The molecule has 0 aliphatic carbocycles. The number of carbonyl (C=O) groups excluding carboxylic acids is 1. The van der Waals surface area contributed by atoms with Gasteiger partial charge in [-0.3, -0.25) is 4.79 Å². The summed E-state index contributed by atoms with van der Waals surface area (Å²) >= 11 is 1.60. The number of aromatic nitrogens is 1. The SMILES string of the molecule is Cc1nc(COc2cccc(C(=O)NCC3CCCO3)c2)cs1. The molecule has 0 radical (unpaired) electrons.